The second-order valence-electron chi connectivity index (χ2n) is 9.69. The van der Waals surface area contributed by atoms with E-state index < -0.39 is 47.2 Å². The predicted octanol–water partition coefficient (Wildman–Crippen LogP) is 3.69. The van der Waals surface area contributed by atoms with Gasteiger partial charge in [0.1, 0.15) is 5.54 Å². The van der Waals surface area contributed by atoms with Crippen molar-refractivity contribution in [2.45, 2.75) is 24.1 Å². The fourth-order valence-electron chi connectivity index (χ4n) is 6.01. The first-order valence-corrected chi connectivity index (χ1v) is 12.8. The topological polar surface area (TPSA) is 98.7 Å². The van der Waals surface area contributed by atoms with Gasteiger partial charge in [-0.15, -0.1) is 0 Å². The smallest absolute Gasteiger partial charge is 0.250 e. The molecule has 3 aliphatic heterocycles. The molecule has 5 atom stereocenters. The van der Waals surface area contributed by atoms with E-state index in [1.807, 2.05) is 30.3 Å². The lowest BCUT2D eigenvalue weighted by molar-refractivity contribution is -0.143. The Kier molecular flexibility index (Phi) is 5.84. The highest BCUT2D eigenvalue weighted by Crippen LogP contribution is 2.55. The highest BCUT2D eigenvalue weighted by Gasteiger charge is 2.71. The summed E-state index contributed by atoms with van der Waals surface area (Å²) in [5.41, 5.74) is 0.978. The van der Waals surface area contributed by atoms with E-state index in [2.05, 4.69) is 10.6 Å². The zero-order chi connectivity index (χ0) is 25.9. The van der Waals surface area contributed by atoms with Crippen molar-refractivity contribution in [1.29, 1.82) is 0 Å². The molecule has 188 valence electrons. The standard InChI is InChI=1S/C28H23Cl2N3O4/c29-17-8-6-16(7-9-17)24(34)23-21-22(26(36)33(25(21)35)13-12-15-4-2-1-3-5-15)28(32-23)19-14-18(30)10-11-20(19)31-27(28)37/h1-11,14,21-24,32,34H,12-13H2,(H,31,37)/t21-,22+,23+,24-,28-/m1/s1. The Morgan fingerprint density at radius 3 is 2.35 bits per heavy atom. The van der Waals surface area contributed by atoms with Crippen molar-refractivity contribution in [3.63, 3.8) is 0 Å². The molecule has 0 aliphatic carbocycles. The molecule has 0 aromatic heterocycles. The monoisotopic (exact) mass is 535 g/mol. The quantitative estimate of drug-likeness (QED) is 0.433. The summed E-state index contributed by atoms with van der Waals surface area (Å²) in [5.74, 6) is -3.28. The van der Waals surface area contributed by atoms with Crippen molar-refractivity contribution in [3.8, 4) is 0 Å². The number of carbonyl (C=O) groups excluding carboxylic acids is 3. The number of nitrogens with zero attached hydrogens (tertiary/aromatic N) is 1. The number of nitrogens with one attached hydrogen (secondary N) is 2. The van der Waals surface area contributed by atoms with Crippen molar-refractivity contribution >= 4 is 46.6 Å². The third-order valence-corrected chi connectivity index (χ3v) is 8.21. The van der Waals surface area contributed by atoms with Gasteiger partial charge in [0.05, 0.1) is 24.0 Å². The first-order chi connectivity index (χ1) is 17.8. The maximum absolute atomic E-state index is 13.9. The van der Waals surface area contributed by atoms with Gasteiger partial charge in [-0.2, -0.15) is 0 Å². The molecule has 3 heterocycles. The van der Waals surface area contributed by atoms with Gasteiger partial charge in [-0.3, -0.25) is 24.6 Å². The Bertz CT molecular complexity index is 1410. The minimum absolute atomic E-state index is 0.179. The highest BCUT2D eigenvalue weighted by atomic mass is 35.5. The van der Waals surface area contributed by atoms with Crippen LogP contribution in [0.4, 0.5) is 5.69 Å². The lowest BCUT2D eigenvalue weighted by Gasteiger charge is -2.30. The molecule has 6 rings (SSSR count). The number of anilines is 1. The number of carbonyl (C=O) groups is 3. The Balaban J connectivity index is 1.43. The van der Waals surface area contributed by atoms with Crippen LogP contribution in [0, 0.1) is 11.8 Å². The van der Waals surface area contributed by atoms with Crippen LogP contribution in [-0.4, -0.2) is 40.3 Å². The van der Waals surface area contributed by atoms with Gasteiger partial charge >= 0.3 is 0 Å². The van der Waals surface area contributed by atoms with Crippen LogP contribution in [-0.2, 0) is 26.3 Å². The van der Waals surface area contributed by atoms with E-state index in [-0.39, 0.29) is 6.54 Å². The molecule has 3 aliphatic rings. The van der Waals surface area contributed by atoms with Crippen molar-refractivity contribution in [3.05, 3.63) is 99.5 Å². The van der Waals surface area contributed by atoms with Gasteiger partial charge < -0.3 is 10.4 Å². The number of fused-ring (bicyclic) bond motifs is 4. The van der Waals surface area contributed by atoms with Crippen molar-refractivity contribution in [2.75, 3.05) is 11.9 Å². The molecule has 3 aromatic rings. The van der Waals surface area contributed by atoms with E-state index in [0.29, 0.717) is 33.3 Å². The second kappa shape index (κ2) is 8.96. The summed E-state index contributed by atoms with van der Waals surface area (Å²) in [7, 11) is 0. The molecule has 0 radical (unpaired) electrons. The van der Waals surface area contributed by atoms with Crippen molar-refractivity contribution < 1.29 is 19.5 Å². The number of imide groups is 1. The van der Waals surface area contributed by atoms with Crippen LogP contribution in [0.3, 0.4) is 0 Å². The van der Waals surface area contributed by atoms with Crippen molar-refractivity contribution in [2.24, 2.45) is 11.8 Å². The number of aliphatic hydroxyl groups excluding tert-OH is 1. The molecule has 3 aromatic carbocycles. The Morgan fingerprint density at radius 1 is 0.919 bits per heavy atom. The van der Waals surface area contributed by atoms with Gasteiger partial charge in [0, 0.05) is 27.8 Å². The number of hydrogen-bond donors (Lipinski definition) is 3. The number of benzene rings is 3. The summed E-state index contributed by atoms with van der Waals surface area (Å²) >= 11 is 12.3. The molecule has 7 nitrogen and oxygen atoms in total. The lowest BCUT2D eigenvalue weighted by atomic mass is 9.76. The molecule has 3 amide bonds. The summed E-state index contributed by atoms with van der Waals surface area (Å²) < 4.78 is 0. The minimum atomic E-state index is -1.54. The van der Waals surface area contributed by atoms with Gasteiger partial charge in [-0.1, -0.05) is 65.7 Å². The number of likely N-dealkylation sites (tertiary alicyclic amines) is 1. The van der Waals surface area contributed by atoms with Crippen LogP contribution in [0.15, 0.2) is 72.8 Å². The van der Waals surface area contributed by atoms with Crippen LogP contribution in [0.25, 0.3) is 0 Å². The molecule has 3 N–H and O–H groups in total. The van der Waals surface area contributed by atoms with E-state index in [1.54, 1.807) is 42.5 Å². The fraction of sp³-hybridized carbons (Fsp3) is 0.250. The van der Waals surface area contributed by atoms with Gasteiger partial charge in [0.15, 0.2) is 0 Å². The fourth-order valence-corrected chi connectivity index (χ4v) is 6.30. The highest BCUT2D eigenvalue weighted by molar-refractivity contribution is 6.31. The summed E-state index contributed by atoms with van der Waals surface area (Å²) in [6, 6.07) is 20.3. The largest absolute Gasteiger partial charge is 0.387 e. The van der Waals surface area contributed by atoms with E-state index in [0.717, 1.165) is 5.56 Å². The van der Waals surface area contributed by atoms with Crippen LogP contribution in [0.5, 0.6) is 0 Å². The van der Waals surface area contributed by atoms with Gasteiger partial charge in [-0.25, -0.2) is 0 Å². The number of hydrogen-bond acceptors (Lipinski definition) is 5. The summed E-state index contributed by atoms with van der Waals surface area (Å²) in [4.78, 5) is 42.6. The van der Waals surface area contributed by atoms with Crippen LogP contribution >= 0.6 is 23.2 Å². The average molecular weight is 536 g/mol. The lowest BCUT2D eigenvalue weighted by Crippen LogP contribution is -2.54. The van der Waals surface area contributed by atoms with E-state index >= 15 is 0 Å². The normalized spacial score (nSPS) is 26.9. The molecule has 2 saturated heterocycles. The molecular formula is C28H23Cl2N3O4. The number of amides is 3. The van der Waals surface area contributed by atoms with Crippen molar-refractivity contribution in [1.82, 2.24) is 10.2 Å². The first-order valence-electron chi connectivity index (χ1n) is 12.0. The summed E-state index contributed by atoms with van der Waals surface area (Å²) in [6.45, 7) is 0.179. The molecule has 0 unspecified atom stereocenters. The third kappa shape index (κ3) is 3.68. The number of rotatable bonds is 5. The minimum Gasteiger partial charge on any atom is -0.387 e. The second-order valence-corrected chi connectivity index (χ2v) is 10.6. The summed E-state index contributed by atoms with van der Waals surface area (Å²) in [5, 5.41) is 18.4. The predicted molar refractivity (Wildman–Crippen MR) is 139 cm³/mol. The Hall–Kier alpha value is -3.23. The zero-order valence-corrected chi connectivity index (χ0v) is 21.0. The maximum atomic E-state index is 13.9. The van der Waals surface area contributed by atoms with Gasteiger partial charge in [0.2, 0.25) is 17.7 Å². The first kappa shape index (κ1) is 24.1. The molecule has 9 heteroatoms. The molecule has 1 spiro atoms. The van der Waals surface area contributed by atoms with E-state index in [4.69, 9.17) is 23.2 Å². The van der Waals surface area contributed by atoms with E-state index in [9.17, 15) is 19.5 Å². The average Bonchev–Trinajstić information content (AvgIpc) is 3.48. The Morgan fingerprint density at radius 2 is 1.62 bits per heavy atom. The third-order valence-electron chi connectivity index (χ3n) is 7.72. The van der Waals surface area contributed by atoms with Crippen LogP contribution in [0.2, 0.25) is 10.0 Å². The Labute approximate surface area is 223 Å². The molecule has 2 fully saturated rings. The molecule has 37 heavy (non-hydrogen) atoms. The maximum Gasteiger partial charge on any atom is 0.250 e. The van der Waals surface area contributed by atoms with Crippen LogP contribution < -0.4 is 10.6 Å². The van der Waals surface area contributed by atoms with Gasteiger partial charge in [0.25, 0.3) is 0 Å². The SMILES string of the molecule is O=C1[C@H]2[C@@H]([C@H](O)c3ccc(Cl)cc3)N[C@@]3(C(=O)Nc4ccc(Cl)cc43)[C@@H]2C(=O)N1CCc1ccccc1. The molecular weight excluding hydrogens is 513 g/mol. The zero-order valence-electron chi connectivity index (χ0n) is 19.5. The van der Waals surface area contributed by atoms with Crippen LogP contribution in [0.1, 0.15) is 22.8 Å². The molecule has 0 bridgehead atoms. The van der Waals surface area contributed by atoms with E-state index in [1.165, 1.54) is 4.90 Å². The number of aliphatic hydroxyl groups is 1. The molecule has 0 saturated carbocycles. The summed E-state index contributed by atoms with van der Waals surface area (Å²) in [6.07, 6.45) is -0.692. The number of halogens is 2. The van der Waals surface area contributed by atoms with Gasteiger partial charge in [-0.05, 0) is 47.9 Å².